The molecule has 2 nitrogen and oxygen atoms in total. The number of benzene rings is 2. The zero-order chi connectivity index (χ0) is 14.6. The van der Waals surface area contributed by atoms with Gasteiger partial charge in [-0.05, 0) is 11.1 Å². The predicted molar refractivity (Wildman–Crippen MR) is 89.9 cm³/mol. The molecule has 2 aromatic carbocycles. The number of hydrogen-bond donors (Lipinski definition) is 2. The maximum Gasteiger partial charge on any atom is 0.0969 e. The molecule has 2 rings (SSSR count). The highest BCUT2D eigenvalue weighted by atomic mass is 16.3. The Morgan fingerprint density at radius 1 is 0.952 bits per heavy atom. The summed E-state index contributed by atoms with van der Waals surface area (Å²) in [5, 5.41) is 17.7. The quantitative estimate of drug-likeness (QED) is 0.666. The minimum absolute atomic E-state index is 0. The first-order valence-electron chi connectivity index (χ1n) is 6.46. The minimum Gasteiger partial charge on any atom is -0.392 e. The SMILES string of the molecule is C=CC(O)c1ccccc1.OC/C=C/c1ccccc1.[B]. The van der Waals surface area contributed by atoms with E-state index in [-0.39, 0.29) is 15.0 Å². The third kappa shape index (κ3) is 7.93. The molecule has 0 aliphatic heterocycles. The van der Waals surface area contributed by atoms with E-state index in [4.69, 9.17) is 5.11 Å². The highest BCUT2D eigenvalue weighted by molar-refractivity contribution is 5.75. The topological polar surface area (TPSA) is 40.5 Å². The third-order valence-electron chi connectivity index (χ3n) is 2.58. The molecule has 2 N–H and O–H groups in total. The van der Waals surface area contributed by atoms with Crippen molar-refractivity contribution in [2.45, 2.75) is 6.10 Å². The summed E-state index contributed by atoms with van der Waals surface area (Å²) in [6.07, 6.45) is 4.59. The monoisotopic (exact) mass is 279 g/mol. The first kappa shape index (κ1) is 18.9. The van der Waals surface area contributed by atoms with Crippen molar-refractivity contribution in [1.29, 1.82) is 0 Å². The van der Waals surface area contributed by atoms with Crippen LogP contribution in [0.3, 0.4) is 0 Å². The molecular formula is C18H20BO2. The number of hydrogen-bond acceptors (Lipinski definition) is 2. The first-order valence-corrected chi connectivity index (χ1v) is 6.46. The van der Waals surface area contributed by atoms with E-state index in [1.807, 2.05) is 66.7 Å². The van der Waals surface area contributed by atoms with Gasteiger partial charge in [0.1, 0.15) is 0 Å². The zero-order valence-electron chi connectivity index (χ0n) is 12.0. The van der Waals surface area contributed by atoms with Crippen molar-refractivity contribution >= 4 is 14.5 Å². The fourth-order valence-corrected chi connectivity index (χ4v) is 1.54. The van der Waals surface area contributed by atoms with Crippen LogP contribution >= 0.6 is 0 Å². The van der Waals surface area contributed by atoms with Gasteiger partial charge < -0.3 is 10.2 Å². The molecule has 0 spiro atoms. The molecule has 0 amide bonds. The second kappa shape index (κ2) is 11.7. The molecule has 1 unspecified atom stereocenters. The van der Waals surface area contributed by atoms with Gasteiger partial charge in [-0.25, -0.2) is 0 Å². The van der Waals surface area contributed by atoms with Crippen LogP contribution in [-0.4, -0.2) is 25.2 Å². The van der Waals surface area contributed by atoms with Crippen molar-refractivity contribution in [3.8, 4) is 0 Å². The summed E-state index contributed by atoms with van der Waals surface area (Å²) in [6.45, 7) is 3.59. The van der Waals surface area contributed by atoms with Crippen molar-refractivity contribution in [2.24, 2.45) is 0 Å². The molecule has 0 aliphatic carbocycles. The molecule has 0 saturated heterocycles. The highest BCUT2D eigenvalue weighted by Crippen LogP contribution is 2.11. The van der Waals surface area contributed by atoms with Crippen molar-refractivity contribution in [3.63, 3.8) is 0 Å². The lowest BCUT2D eigenvalue weighted by molar-refractivity contribution is 0.229. The molecule has 0 aromatic heterocycles. The van der Waals surface area contributed by atoms with Crippen LogP contribution in [0, 0.1) is 0 Å². The summed E-state index contributed by atoms with van der Waals surface area (Å²) in [4.78, 5) is 0. The van der Waals surface area contributed by atoms with Crippen LogP contribution in [0.2, 0.25) is 0 Å². The number of aliphatic hydroxyl groups is 2. The third-order valence-corrected chi connectivity index (χ3v) is 2.58. The lowest BCUT2D eigenvalue weighted by Crippen LogP contribution is -1.90. The molecule has 21 heavy (non-hydrogen) atoms. The Kier molecular flexibility index (Phi) is 10.5. The average molecular weight is 279 g/mol. The Morgan fingerprint density at radius 2 is 1.48 bits per heavy atom. The molecule has 0 saturated carbocycles. The largest absolute Gasteiger partial charge is 0.392 e. The molecule has 3 radical (unpaired) electrons. The predicted octanol–water partition coefficient (Wildman–Crippen LogP) is 3.22. The second-order valence-corrected chi connectivity index (χ2v) is 4.09. The minimum atomic E-state index is -0.527. The Hall–Kier alpha value is -2.10. The fourth-order valence-electron chi connectivity index (χ4n) is 1.54. The molecule has 0 heterocycles. The molecule has 0 fully saturated rings. The van der Waals surface area contributed by atoms with Gasteiger partial charge in [0.2, 0.25) is 0 Å². The van der Waals surface area contributed by atoms with Gasteiger partial charge in [0.25, 0.3) is 0 Å². The van der Waals surface area contributed by atoms with Crippen LogP contribution in [0.15, 0.2) is 79.4 Å². The van der Waals surface area contributed by atoms with Crippen LogP contribution < -0.4 is 0 Å². The van der Waals surface area contributed by atoms with Gasteiger partial charge in [-0.1, -0.05) is 78.9 Å². The Bertz CT molecular complexity index is 509. The van der Waals surface area contributed by atoms with Crippen molar-refractivity contribution < 1.29 is 10.2 Å². The molecule has 1 atom stereocenters. The van der Waals surface area contributed by atoms with Gasteiger partial charge in [-0.2, -0.15) is 0 Å². The Morgan fingerprint density at radius 3 is 1.95 bits per heavy atom. The maximum absolute atomic E-state index is 9.21. The summed E-state index contributed by atoms with van der Waals surface area (Å²) >= 11 is 0. The van der Waals surface area contributed by atoms with Crippen LogP contribution in [0.5, 0.6) is 0 Å². The lowest BCUT2D eigenvalue weighted by Gasteiger charge is -2.02. The first-order chi connectivity index (χ1) is 9.77. The van der Waals surface area contributed by atoms with Gasteiger partial charge in [0.15, 0.2) is 0 Å². The van der Waals surface area contributed by atoms with E-state index in [0.29, 0.717) is 0 Å². The van der Waals surface area contributed by atoms with Gasteiger partial charge in [0, 0.05) is 8.41 Å². The van der Waals surface area contributed by atoms with Crippen molar-refractivity contribution in [1.82, 2.24) is 0 Å². The Labute approximate surface area is 128 Å². The van der Waals surface area contributed by atoms with Crippen LogP contribution in [0.1, 0.15) is 17.2 Å². The Balaban J connectivity index is 0.000000364. The van der Waals surface area contributed by atoms with E-state index >= 15 is 0 Å². The summed E-state index contributed by atoms with van der Waals surface area (Å²) < 4.78 is 0. The van der Waals surface area contributed by atoms with E-state index < -0.39 is 6.10 Å². The molecular weight excluding hydrogens is 259 g/mol. The van der Waals surface area contributed by atoms with E-state index in [1.165, 1.54) is 6.08 Å². The maximum atomic E-state index is 9.21. The number of aliphatic hydroxyl groups excluding tert-OH is 2. The summed E-state index contributed by atoms with van der Waals surface area (Å²) in [6, 6.07) is 19.3. The van der Waals surface area contributed by atoms with Gasteiger partial charge >= 0.3 is 0 Å². The van der Waals surface area contributed by atoms with E-state index in [2.05, 4.69) is 6.58 Å². The second-order valence-electron chi connectivity index (χ2n) is 4.09. The molecule has 0 aliphatic rings. The van der Waals surface area contributed by atoms with Crippen LogP contribution in [0.25, 0.3) is 6.08 Å². The van der Waals surface area contributed by atoms with Gasteiger partial charge in [0.05, 0.1) is 12.7 Å². The van der Waals surface area contributed by atoms with Gasteiger partial charge in [-0.3, -0.25) is 0 Å². The highest BCUT2D eigenvalue weighted by Gasteiger charge is 1.98. The van der Waals surface area contributed by atoms with Gasteiger partial charge in [-0.15, -0.1) is 6.58 Å². The average Bonchev–Trinajstić information content (AvgIpc) is 2.54. The molecule has 0 bridgehead atoms. The van der Waals surface area contributed by atoms with Crippen LogP contribution in [0.4, 0.5) is 0 Å². The van der Waals surface area contributed by atoms with Crippen molar-refractivity contribution in [3.05, 3.63) is 90.5 Å². The van der Waals surface area contributed by atoms with E-state index in [0.717, 1.165) is 11.1 Å². The summed E-state index contributed by atoms with van der Waals surface area (Å²) in [5.74, 6) is 0. The van der Waals surface area contributed by atoms with Crippen LogP contribution in [-0.2, 0) is 0 Å². The smallest absolute Gasteiger partial charge is 0.0969 e. The lowest BCUT2D eigenvalue weighted by atomic mass is 10.1. The van der Waals surface area contributed by atoms with Crippen molar-refractivity contribution in [2.75, 3.05) is 6.61 Å². The summed E-state index contributed by atoms with van der Waals surface area (Å²) in [5.41, 5.74) is 2.01. The number of rotatable bonds is 4. The molecule has 3 heteroatoms. The normalized spacial score (nSPS) is 11.0. The van der Waals surface area contributed by atoms with E-state index in [9.17, 15) is 5.11 Å². The fraction of sp³-hybridized carbons (Fsp3) is 0.111. The molecule has 2 aromatic rings. The zero-order valence-corrected chi connectivity index (χ0v) is 12.0. The molecule has 107 valence electrons. The summed E-state index contributed by atoms with van der Waals surface area (Å²) in [7, 11) is 0. The van der Waals surface area contributed by atoms with E-state index in [1.54, 1.807) is 6.08 Å². The standard InChI is InChI=1S/2C9H10O.B/c1-2-9(10)8-6-4-3-5-7-8;10-8-4-7-9-5-2-1-3-6-9;/h2-7,9-10H,1H2;1-7,10H,8H2;/b;7-4+;.